The molecule has 1 heteroatoms. The molecule has 0 radical (unpaired) electrons. The highest BCUT2D eigenvalue weighted by molar-refractivity contribution is 5.58. The van der Waals surface area contributed by atoms with E-state index in [9.17, 15) is 0 Å². The van der Waals surface area contributed by atoms with Crippen molar-refractivity contribution in [1.82, 2.24) is 0 Å². The zero-order chi connectivity index (χ0) is 12.8. The van der Waals surface area contributed by atoms with Crippen LogP contribution in [0.25, 0.3) is 0 Å². The number of anilines is 1. The van der Waals surface area contributed by atoms with Crippen LogP contribution in [0.4, 0.5) is 5.69 Å². The van der Waals surface area contributed by atoms with Crippen LogP contribution >= 0.6 is 0 Å². The van der Waals surface area contributed by atoms with Gasteiger partial charge < -0.3 is 5.73 Å². The number of nitrogens with two attached hydrogens (primary N) is 1. The minimum atomic E-state index is 0.537. The van der Waals surface area contributed by atoms with Crippen LogP contribution in [0.2, 0.25) is 0 Å². The Kier molecular flexibility index (Phi) is 2.41. The molecule has 2 atom stereocenters. The predicted octanol–water partition coefficient (Wildman–Crippen LogP) is 3.91. The Bertz CT molecular complexity index is 629. The van der Waals surface area contributed by atoms with Gasteiger partial charge in [0.25, 0.3) is 0 Å². The summed E-state index contributed by atoms with van der Waals surface area (Å²) < 4.78 is 0. The van der Waals surface area contributed by atoms with E-state index < -0.39 is 0 Å². The molecule has 4 rings (SSSR count). The van der Waals surface area contributed by atoms with Gasteiger partial charge in [-0.25, -0.2) is 0 Å². The number of benzene rings is 2. The molecule has 96 valence electrons. The highest BCUT2D eigenvalue weighted by Gasteiger charge is 2.35. The van der Waals surface area contributed by atoms with Gasteiger partial charge in [-0.2, -0.15) is 0 Å². The molecular formula is C18H19N. The summed E-state index contributed by atoms with van der Waals surface area (Å²) in [6, 6.07) is 15.4. The summed E-state index contributed by atoms with van der Waals surface area (Å²) in [4.78, 5) is 0. The van der Waals surface area contributed by atoms with Crippen molar-refractivity contribution in [2.75, 3.05) is 5.73 Å². The van der Waals surface area contributed by atoms with E-state index in [4.69, 9.17) is 5.73 Å². The van der Waals surface area contributed by atoms with Crippen LogP contribution in [0.5, 0.6) is 0 Å². The summed E-state index contributed by atoms with van der Waals surface area (Å²) in [6.07, 6.45) is 5.06. The lowest BCUT2D eigenvalue weighted by Gasteiger charge is -2.39. The van der Waals surface area contributed by atoms with Gasteiger partial charge in [-0.15, -0.1) is 0 Å². The fraction of sp³-hybridized carbons (Fsp3) is 0.333. The second-order valence-electron chi connectivity index (χ2n) is 5.93. The van der Waals surface area contributed by atoms with E-state index in [1.165, 1.54) is 47.9 Å². The lowest BCUT2D eigenvalue weighted by Crippen LogP contribution is -2.27. The second-order valence-corrected chi connectivity index (χ2v) is 5.93. The Morgan fingerprint density at radius 3 is 2.47 bits per heavy atom. The van der Waals surface area contributed by atoms with E-state index in [1.54, 1.807) is 0 Å². The second kappa shape index (κ2) is 4.12. The van der Waals surface area contributed by atoms with Gasteiger partial charge in [-0.3, -0.25) is 0 Å². The van der Waals surface area contributed by atoms with Crippen LogP contribution < -0.4 is 5.73 Å². The third-order valence-electron chi connectivity index (χ3n) is 4.97. The van der Waals surface area contributed by atoms with Crippen LogP contribution in [0.1, 0.15) is 41.0 Å². The monoisotopic (exact) mass is 249 g/mol. The Morgan fingerprint density at radius 1 is 0.842 bits per heavy atom. The molecule has 0 spiro atoms. The first-order chi connectivity index (χ1) is 9.34. The van der Waals surface area contributed by atoms with Gasteiger partial charge in [0.15, 0.2) is 0 Å². The Morgan fingerprint density at radius 2 is 1.58 bits per heavy atom. The molecule has 1 nitrogen and oxygen atoms in total. The fourth-order valence-electron chi connectivity index (χ4n) is 4.10. The van der Waals surface area contributed by atoms with Crippen molar-refractivity contribution in [3.8, 4) is 0 Å². The smallest absolute Gasteiger partial charge is 0.0355 e. The van der Waals surface area contributed by atoms with Crippen molar-refractivity contribution in [2.24, 2.45) is 5.92 Å². The molecule has 2 aromatic rings. The average molecular weight is 249 g/mol. The lowest BCUT2D eigenvalue weighted by atomic mass is 9.65. The summed E-state index contributed by atoms with van der Waals surface area (Å²) in [5.41, 5.74) is 13.2. The van der Waals surface area contributed by atoms with Gasteiger partial charge in [0.1, 0.15) is 0 Å². The first kappa shape index (κ1) is 11.1. The first-order valence-electron chi connectivity index (χ1n) is 7.29. The van der Waals surface area contributed by atoms with E-state index in [2.05, 4.69) is 42.5 Å². The van der Waals surface area contributed by atoms with Crippen LogP contribution in [-0.2, 0) is 12.8 Å². The Hall–Kier alpha value is -1.76. The van der Waals surface area contributed by atoms with Gasteiger partial charge in [-0.1, -0.05) is 36.4 Å². The van der Waals surface area contributed by atoms with Crippen molar-refractivity contribution in [3.05, 3.63) is 64.7 Å². The molecule has 2 aliphatic rings. The van der Waals surface area contributed by atoms with Gasteiger partial charge in [-0.05, 0) is 59.9 Å². The average Bonchev–Trinajstić information content (AvgIpc) is 2.47. The molecule has 0 fully saturated rings. The molecule has 2 aliphatic carbocycles. The van der Waals surface area contributed by atoms with E-state index in [-0.39, 0.29) is 0 Å². The van der Waals surface area contributed by atoms with E-state index in [0.29, 0.717) is 5.92 Å². The third kappa shape index (κ3) is 1.61. The summed E-state index contributed by atoms with van der Waals surface area (Å²) >= 11 is 0. The summed E-state index contributed by atoms with van der Waals surface area (Å²) in [7, 11) is 0. The summed E-state index contributed by atoms with van der Waals surface area (Å²) in [5.74, 6) is 1.32. The van der Waals surface area contributed by atoms with Gasteiger partial charge in [0, 0.05) is 11.6 Å². The highest BCUT2D eigenvalue weighted by Crippen LogP contribution is 2.48. The highest BCUT2D eigenvalue weighted by atomic mass is 14.6. The molecule has 2 unspecified atom stereocenters. The van der Waals surface area contributed by atoms with E-state index in [0.717, 1.165) is 11.6 Å². The first-order valence-corrected chi connectivity index (χ1v) is 7.29. The maximum absolute atomic E-state index is 6.31. The molecule has 19 heavy (non-hydrogen) atoms. The maximum atomic E-state index is 6.31. The van der Waals surface area contributed by atoms with Crippen LogP contribution in [0, 0.1) is 5.92 Å². The standard InChI is InChI=1S/C18H19N/c19-16-7-3-5-13-10-11-14-9-8-12-4-1-2-6-15(12)17(14)18(13)16/h1-7,14,17H,8-11,19H2. The van der Waals surface area contributed by atoms with E-state index >= 15 is 0 Å². The Labute approximate surface area is 114 Å². The van der Waals surface area contributed by atoms with Crippen molar-refractivity contribution in [2.45, 2.75) is 31.6 Å². The summed E-state index contributed by atoms with van der Waals surface area (Å²) in [5, 5.41) is 0. The van der Waals surface area contributed by atoms with Gasteiger partial charge >= 0.3 is 0 Å². The molecule has 2 N–H and O–H groups in total. The number of nitrogen functional groups attached to an aromatic ring is 1. The number of fused-ring (bicyclic) bond motifs is 5. The molecule has 0 amide bonds. The molecule has 2 aromatic carbocycles. The van der Waals surface area contributed by atoms with Gasteiger partial charge in [0.05, 0.1) is 0 Å². The molecular weight excluding hydrogens is 230 g/mol. The topological polar surface area (TPSA) is 26.0 Å². The predicted molar refractivity (Wildman–Crippen MR) is 79.3 cm³/mol. The SMILES string of the molecule is Nc1cccc2c1C1c3ccccc3CCC1CC2. The van der Waals surface area contributed by atoms with Crippen molar-refractivity contribution in [3.63, 3.8) is 0 Å². The minimum Gasteiger partial charge on any atom is -0.398 e. The van der Waals surface area contributed by atoms with Crippen molar-refractivity contribution >= 4 is 5.69 Å². The van der Waals surface area contributed by atoms with Gasteiger partial charge in [0.2, 0.25) is 0 Å². The normalized spacial score (nSPS) is 24.2. The zero-order valence-electron chi connectivity index (χ0n) is 11.1. The quantitative estimate of drug-likeness (QED) is 0.704. The lowest BCUT2D eigenvalue weighted by molar-refractivity contribution is 0.364. The van der Waals surface area contributed by atoms with Crippen molar-refractivity contribution in [1.29, 1.82) is 0 Å². The molecule has 0 heterocycles. The van der Waals surface area contributed by atoms with Crippen LogP contribution in [0.15, 0.2) is 42.5 Å². The minimum absolute atomic E-state index is 0.537. The number of hydrogen-bond donors (Lipinski definition) is 1. The molecule has 0 saturated heterocycles. The summed E-state index contributed by atoms with van der Waals surface area (Å²) in [6.45, 7) is 0. The fourth-order valence-corrected chi connectivity index (χ4v) is 4.10. The van der Waals surface area contributed by atoms with E-state index in [1.807, 2.05) is 0 Å². The molecule has 0 aliphatic heterocycles. The van der Waals surface area contributed by atoms with Crippen LogP contribution in [-0.4, -0.2) is 0 Å². The largest absolute Gasteiger partial charge is 0.398 e. The molecule has 0 aromatic heterocycles. The maximum Gasteiger partial charge on any atom is 0.0355 e. The Balaban J connectivity index is 1.95. The van der Waals surface area contributed by atoms with Crippen LogP contribution in [0.3, 0.4) is 0 Å². The van der Waals surface area contributed by atoms with Crippen molar-refractivity contribution < 1.29 is 0 Å². The zero-order valence-corrected chi connectivity index (χ0v) is 11.1. The number of aryl methyl sites for hydroxylation is 2. The molecule has 0 saturated carbocycles. The number of hydrogen-bond acceptors (Lipinski definition) is 1. The molecule has 0 bridgehead atoms. The number of rotatable bonds is 0. The third-order valence-corrected chi connectivity index (χ3v) is 4.97.